The summed E-state index contributed by atoms with van der Waals surface area (Å²) >= 11 is 0. The minimum absolute atomic E-state index is 0.0810. The fourth-order valence-corrected chi connectivity index (χ4v) is 2.23. The molecule has 1 aromatic rings. The third kappa shape index (κ3) is 2.72. The van der Waals surface area contributed by atoms with Crippen LogP contribution in [-0.4, -0.2) is 32.1 Å². The molecule has 0 aliphatic rings. The Balaban J connectivity index is 2.97. The van der Waals surface area contributed by atoms with E-state index in [0.29, 0.717) is 12.4 Å². The van der Waals surface area contributed by atoms with Crippen LogP contribution in [0.5, 0.6) is 5.75 Å². The van der Waals surface area contributed by atoms with Crippen LogP contribution in [0.2, 0.25) is 0 Å². The number of aliphatic hydroxyl groups excluding tert-OH is 1. The van der Waals surface area contributed by atoms with Crippen LogP contribution in [0.4, 0.5) is 0 Å². The van der Waals surface area contributed by atoms with Gasteiger partial charge in [-0.3, -0.25) is 0 Å². The van der Waals surface area contributed by atoms with E-state index in [4.69, 9.17) is 15.6 Å². The minimum Gasteiger partial charge on any atom is -0.494 e. The van der Waals surface area contributed by atoms with Gasteiger partial charge in [-0.15, -0.1) is 0 Å². The van der Waals surface area contributed by atoms with Crippen LogP contribution in [0.15, 0.2) is 29.2 Å². The van der Waals surface area contributed by atoms with E-state index in [1.807, 2.05) is 6.92 Å². The van der Waals surface area contributed by atoms with E-state index >= 15 is 0 Å². The Morgan fingerprint density at radius 2 is 1.94 bits per heavy atom. The van der Waals surface area contributed by atoms with Crippen molar-refractivity contribution >= 4 is 9.84 Å². The van der Waals surface area contributed by atoms with Crippen LogP contribution in [0.25, 0.3) is 0 Å². The molecule has 1 atom stereocenters. The molecular formula is C10H15NO4S. The van der Waals surface area contributed by atoms with E-state index in [2.05, 4.69) is 0 Å². The summed E-state index contributed by atoms with van der Waals surface area (Å²) in [5.74, 6) is 0.596. The summed E-state index contributed by atoms with van der Waals surface area (Å²) in [6.07, 6.45) is 0. The topological polar surface area (TPSA) is 89.6 Å². The molecule has 0 aromatic heterocycles. The number of aliphatic hydroxyl groups is 1. The third-order valence-corrected chi connectivity index (χ3v) is 3.92. The van der Waals surface area contributed by atoms with E-state index < -0.39 is 21.8 Å². The number of hydrogen-bond donors (Lipinski definition) is 2. The van der Waals surface area contributed by atoms with Crippen molar-refractivity contribution in [3.05, 3.63) is 24.3 Å². The summed E-state index contributed by atoms with van der Waals surface area (Å²) < 4.78 is 28.6. The summed E-state index contributed by atoms with van der Waals surface area (Å²) in [5, 5.41) is 7.46. The molecule has 90 valence electrons. The minimum atomic E-state index is -3.65. The van der Waals surface area contributed by atoms with Gasteiger partial charge in [0.25, 0.3) is 0 Å². The van der Waals surface area contributed by atoms with Crippen LogP contribution in [0.3, 0.4) is 0 Å². The molecule has 16 heavy (non-hydrogen) atoms. The fourth-order valence-electron chi connectivity index (χ4n) is 1.17. The van der Waals surface area contributed by atoms with Crippen LogP contribution in [-0.2, 0) is 9.84 Å². The summed E-state index contributed by atoms with van der Waals surface area (Å²) in [5.41, 5.74) is 5.31. The van der Waals surface area contributed by atoms with Gasteiger partial charge in [0.1, 0.15) is 11.1 Å². The van der Waals surface area contributed by atoms with Gasteiger partial charge < -0.3 is 15.6 Å². The molecule has 1 aromatic carbocycles. The highest BCUT2D eigenvalue weighted by Crippen LogP contribution is 2.18. The Morgan fingerprint density at radius 1 is 1.38 bits per heavy atom. The highest BCUT2D eigenvalue weighted by molar-refractivity contribution is 7.92. The van der Waals surface area contributed by atoms with Crippen molar-refractivity contribution < 1.29 is 18.3 Å². The maximum atomic E-state index is 11.7. The van der Waals surface area contributed by atoms with Gasteiger partial charge in [-0.05, 0) is 31.2 Å². The monoisotopic (exact) mass is 245 g/mol. The standard InChI is InChI=1S/C10H15NO4S/c1-2-15-8-3-5-9(6-4-8)16(13,14)10(11)7-12/h3-6,10,12H,2,7,11H2,1H3. The highest BCUT2D eigenvalue weighted by Gasteiger charge is 2.22. The number of benzene rings is 1. The van der Waals surface area contributed by atoms with Crippen LogP contribution in [0, 0.1) is 0 Å². The number of ether oxygens (including phenoxy) is 1. The quantitative estimate of drug-likeness (QED) is 0.770. The summed E-state index contributed by atoms with van der Waals surface area (Å²) in [7, 11) is -3.65. The predicted octanol–water partition coefficient (Wildman–Crippen LogP) is 0.136. The van der Waals surface area contributed by atoms with Crippen LogP contribution < -0.4 is 10.5 Å². The molecule has 3 N–H and O–H groups in total. The zero-order valence-corrected chi connectivity index (χ0v) is 9.78. The van der Waals surface area contributed by atoms with E-state index in [1.165, 1.54) is 12.1 Å². The van der Waals surface area contributed by atoms with Gasteiger partial charge in [-0.2, -0.15) is 0 Å². The first kappa shape index (κ1) is 13.0. The Bertz CT molecular complexity index is 427. The lowest BCUT2D eigenvalue weighted by Gasteiger charge is -2.10. The molecule has 0 amide bonds. The summed E-state index contributed by atoms with van der Waals surface area (Å²) in [6.45, 7) is 1.75. The van der Waals surface area contributed by atoms with E-state index in [9.17, 15) is 8.42 Å². The maximum absolute atomic E-state index is 11.7. The lowest BCUT2D eigenvalue weighted by Crippen LogP contribution is -2.34. The molecule has 0 saturated carbocycles. The van der Waals surface area contributed by atoms with Crippen LogP contribution >= 0.6 is 0 Å². The smallest absolute Gasteiger partial charge is 0.196 e. The SMILES string of the molecule is CCOc1ccc(S(=O)(=O)C(N)CO)cc1. The molecule has 1 unspecified atom stereocenters. The molecule has 0 heterocycles. The first-order chi connectivity index (χ1) is 7.52. The summed E-state index contributed by atoms with van der Waals surface area (Å²) in [4.78, 5) is 0.0810. The molecule has 0 aliphatic heterocycles. The third-order valence-electron chi connectivity index (χ3n) is 2.04. The second kappa shape index (κ2) is 5.29. The summed E-state index contributed by atoms with van der Waals surface area (Å²) in [6, 6.07) is 5.94. The van der Waals surface area contributed by atoms with E-state index in [1.54, 1.807) is 12.1 Å². The van der Waals surface area contributed by atoms with E-state index in [0.717, 1.165) is 0 Å². The molecular weight excluding hydrogens is 230 g/mol. The first-order valence-electron chi connectivity index (χ1n) is 4.85. The van der Waals surface area contributed by atoms with Crippen molar-refractivity contribution in [2.24, 2.45) is 5.73 Å². The molecule has 0 bridgehead atoms. The average Bonchev–Trinajstić information content (AvgIpc) is 2.29. The second-order valence-corrected chi connectivity index (χ2v) is 5.34. The van der Waals surface area contributed by atoms with Crippen molar-refractivity contribution in [2.75, 3.05) is 13.2 Å². The normalized spacial score (nSPS) is 13.4. The molecule has 0 saturated heterocycles. The van der Waals surface area contributed by atoms with Crippen molar-refractivity contribution in [1.82, 2.24) is 0 Å². The highest BCUT2D eigenvalue weighted by atomic mass is 32.2. The zero-order valence-electron chi connectivity index (χ0n) is 8.96. The number of sulfone groups is 1. The molecule has 0 radical (unpaired) electrons. The van der Waals surface area contributed by atoms with Gasteiger partial charge >= 0.3 is 0 Å². The molecule has 1 rings (SSSR count). The van der Waals surface area contributed by atoms with E-state index in [-0.39, 0.29) is 4.90 Å². The van der Waals surface area contributed by atoms with Gasteiger partial charge in [-0.25, -0.2) is 8.42 Å². The van der Waals surface area contributed by atoms with Gasteiger partial charge in [0.05, 0.1) is 18.1 Å². The van der Waals surface area contributed by atoms with Crippen molar-refractivity contribution in [3.8, 4) is 5.75 Å². The fraction of sp³-hybridized carbons (Fsp3) is 0.400. The Labute approximate surface area is 94.8 Å². The van der Waals surface area contributed by atoms with Gasteiger partial charge in [0, 0.05) is 0 Å². The molecule has 5 nitrogen and oxygen atoms in total. The van der Waals surface area contributed by atoms with Crippen molar-refractivity contribution in [1.29, 1.82) is 0 Å². The average molecular weight is 245 g/mol. The second-order valence-electron chi connectivity index (χ2n) is 3.17. The molecule has 0 fully saturated rings. The van der Waals surface area contributed by atoms with Crippen molar-refractivity contribution in [2.45, 2.75) is 17.2 Å². The molecule has 0 spiro atoms. The first-order valence-corrected chi connectivity index (χ1v) is 6.40. The lowest BCUT2D eigenvalue weighted by atomic mass is 10.3. The largest absolute Gasteiger partial charge is 0.494 e. The van der Waals surface area contributed by atoms with Gasteiger partial charge in [0.15, 0.2) is 9.84 Å². The Kier molecular flexibility index (Phi) is 4.28. The lowest BCUT2D eigenvalue weighted by molar-refractivity contribution is 0.292. The predicted molar refractivity (Wildman–Crippen MR) is 59.9 cm³/mol. The van der Waals surface area contributed by atoms with Crippen LogP contribution in [0.1, 0.15) is 6.92 Å². The number of nitrogens with two attached hydrogens (primary N) is 1. The van der Waals surface area contributed by atoms with Gasteiger partial charge in [-0.1, -0.05) is 0 Å². The number of rotatable bonds is 5. The Hall–Kier alpha value is -1.11. The number of hydrogen-bond acceptors (Lipinski definition) is 5. The molecule has 0 aliphatic carbocycles. The maximum Gasteiger partial charge on any atom is 0.196 e. The zero-order chi connectivity index (χ0) is 12.2. The molecule has 6 heteroatoms. The van der Waals surface area contributed by atoms with Crippen molar-refractivity contribution in [3.63, 3.8) is 0 Å². The Morgan fingerprint density at radius 3 is 2.38 bits per heavy atom. The van der Waals surface area contributed by atoms with Gasteiger partial charge in [0.2, 0.25) is 0 Å².